The molecule has 0 bridgehead atoms. The Labute approximate surface area is 76.0 Å². The van der Waals surface area contributed by atoms with Crippen molar-refractivity contribution in [2.24, 2.45) is 0 Å². The van der Waals surface area contributed by atoms with E-state index in [9.17, 15) is 13.9 Å². The number of nitro benzene ring substituents is 1. The van der Waals surface area contributed by atoms with Crippen LogP contribution in [0.5, 0.6) is 0 Å². The normalized spacial score (nSPS) is 11.2. The summed E-state index contributed by atoms with van der Waals surface area (Å²) >= 11 is -5.20. The van der Waals surface area contributed by atoms with Crippen molar-refractivity contribution < 1.29 is 16.9 Å². The summed E-state index contributed by atoms with van der Waals surface area (Å²) in [7, 11) is 0. The van der Waals surface area contributed by atoms with Crippen molar-refractivity contribution in [1.82, 2.24) is 0 Å². The standard InChI is InChI=1S/C6H5AsNO5/c9-7(10,11)5-3-1-2-4-6(5)8(12)13/h1-3H,(H2,9,10,11). The predicted molar refractivity (Wildman–Crippen MR) is 42.4 cm³/mol. The minimum absolute atomic E-state index is 0.550. The number of hydrogen-bond donors (Lipinski definition) is 2. The van der Waals surface area contributed by atoms with Crippen molar-refractivity contribution in [3.05, 3.63) is 34.4 Å². The van der Waals surface area contributed by atoms with Crippen molar-refractivity contribution in [3.8, 4) is 0 Å². The molecule has 1 aromatic carbocycles. The van der Waals surface area contributed by atoms with Gasteiger partial charge in [0.1, 0.15) is 0 Å². The zero-order valence-corrected chi connectivity index (χ0v) is 8.12. The summed E-state index contributed by atoms with van der Waals surface area (Å²) in [6.07, 6.45) is 0. The average Bonchev–Trinajstić information content (AvgIpc) is 2.03. The Balaban J connectivity index is 3.37. The molecule has 0 amide bonds. The Kier molecular flexibility index (Phi) is 2.56. The van der Waals surface area contributed by atoms with Gasteiger partial charge in [-0.05, 0) is 0 Å². The number of nitro groups is 1. The van der Waals surface area contributed by atoms with E-state index in [1.54, 1.807) is 0 Å². The van der Waals surface area contributed by atoms with Gasteiger partial charge in [0.15, 0.2) is 0 Å². The molecule has 0 fully saturated rings. The van der Waals surface area contributed by atoms with Crippen LogP contribution in [0.1, 0.15) is 0 Å². The van der Waals surface area contributed by atoms with Crippen molar-refractivity contribution >= 4 is 24.2 Å². The van der Waals surface area contributed by atoms with Gasteiger partial charge in [-0.3, -0.25) is 0 Å². The van der Waals surface area contributed by atoms with Gasteiger partial charge in [0.05, 0.1) is 0 Å². The molecule has 0 atom stereocenters. The van der Waals surface area contributed by atoms with Gasteiger partial charge >= 0.3 is 75.4 Å². The van der Waals surface area contributed by atoms with E-state index in [1.807, 2.05) is 0 Å². The third-order valence-corrected chi connectivity index (χ3v) is 3.38. The Hall–Kier alpha value is -1.10. The SMILES string of the molecule is O=[N+]([O-])c1[c]cccc1[As](=O)(O)O. The molecule has 1 radical (unpaired) electrons. The van der Waals surface area contributed by atoms with Gasteiger partial charge in [-0.15, -0.1) is 0 Å². The van der Waals surface area contributed by atoms with Gasteiger partial charge in [0.25, 0.3) is 0 Å². The van der Waals surface area contributed by atoms with Gasteiger partial charge in [-0.2, -0.15) is 0 Å². The molecule has 0 spiro atoms. The number of rotatable bonds is 2. The molecule has 0 aliphatic heterocycles. The van der Waals surface area contributed by atoms with Gasteiger partial charge in [0.2, 0.25) is 0 Å². The molecule has 13 heavy (non-hydrogen) atoms. The summed E-state index contributed by atoms with van der Waals surface area (Å²) in [6.45, 7) is 0. The van der Waals surface area contributed by atoms with Crippen LogP contribution in [0.15, 0.2) is 18.2 Å². The van der Waals surface area contributed by atoms with Gasteiger partial charge in [-0.1, -0.05) is 0 Å². The first-order valence-corrected chi connectivity index (χ1v) is 6.52. The summed E-state index contributed by atoms with van der Waals surface area (Å²) in [5.41, 5.74) is -0.657. The average molecular weight is 246 g/mol. The minimum atomic E-state index is -5.20. The summed E-state index contributed by atoms with van der Waals surface area (Å²) in [6, 6.07) is 5.73. The van der Waals surface area contributed by atoms with Crippen molar-refractivity contribution in [1.29, 1.82) is 0 Å². The van der Waals surface area contributed by atoms with Crippen LogP contribution in [0.4, 0.5) is 5.69 Å². The quantitative estimate of drug-likeness (QED) is 0.394. The van der Waals surface area contributed by atoms with Crippen LogP contribution in [-0.4, -0.2) is 27.3 Å². The molecule has 1 rings (SSSR count). The molecule has 69 valence electrons. The fraction of sp³-hybridized carbons (Fsp3) is 0. The van der Waals surface area contributed by atoms with E-state index < -0.39 is 29.1 Å². The molecule has 0 unspecified atom stereocenters. The molecular formula is C6H5AsNO5. The van der Waals surface area contributed by atoms with Crippen LogP contribution in [0, 0.1) is 16.2 Å². The Morgan fingerprint density at radius 3 is 2.54 bits per heavy atom. The molecule has 0 aromatic heterocycles. The van der Waals surface area contributed by atoms with Crippen LogP contribution < -0.4 is 4.35 Å². The Morgan fingerprint density at radius 1 is 1.54 bits per heavy atom. The Bertz CT molecular complexity index is 384. The van der Waals surface area contributed by atoms with E-state index in [0.717, 1.165) is 6.07 Å². The first-order chi connectivity index (χ1) is 5.93. The third kappa shape index (κ3) is 2.18. The van der Waals surface area contributed by atoms with E-state index in [0.29, 0.717) is 0 Å². The first kappa shape index (κ1) is 9.98. The summed E-state index contributed by atoms with van der Waals surface area (Å²) < 4.78 is 27.8. The predicted octanol–water partition coefficient (Wildman–Crippen LogP) is -1.04. The first-order valence-electron chi connectivity index (χ1n) is 3.14. The van der Waals surface area contributed by atoms with Crippen molar-refractivity contribution in [2.45, 2.75) is 0 Å². The number of hydrogen-bond acceptors (Lipinski definition) is 3. The number of para-hydroxylation sites is 1. The maximum absolute atomic E-state index is 10.8. The maximum atomic E-state index is 10.8. The second-order valence-corrected chi connectivity index (χ2v) is 5.50. The fourth-order valence-electron chi connectivity index (χ4n) is 0.800. The molecular weight excluding hydrogens is 241 g/mol. The molecule has 7 heteroatoms. The third-order valence-electron chi connectivity index (χ3n) is 1.31. The molecule has 0 saturated carbocycles. The second kappa shape index (κ2) is 3.33. The van der Waals surface area contributed by atoms with Gasteiger partial charge in [0, 0.05) is 0 Å². The van der Waals surface area contributed by atoms with E-state index >= 15 is 0 Å². The van der Waals surface area contributed by atoms with Gasteiger partial charge in [-0.25, -0.2) is 0 Å². The van der Waals surface area contributed by atoms with E-state index in [-0.39, 0.29) is 0 Å². The van der Waals surface area contributed by atoms with E-state index in [1.165, 1.54) is 12.1 Å². The zero-order chi connectivity index (χ0) is 10.1. The molecule has 0 aliphatic rings. The van der Waals surface area contributed by atoms with Crippen LogP contribution in [0.3, 0.4) is 0 Å². The van der Waals surface area contributed by atoms with Crippen LogP contribution in [0.25, 0.3) is 0 Å². The molecule has 6 nitrogen and oxygen atoms in total. The van der Waals surface area contributed by atoms with E-state index in [2.05, 4.69) is 6.07 Å². The number of nitrogens with zero attached hydrogens (tertiary/aromatic N) is 1. The van der Waals surface area contributed by atoms with Crippen molar-refractivity contribution in [3.63, 3.8) is 0 Å². The molecule has 2 N–H and O–H groups in total. The second-order valence-electron chi connectivity index (χ2n) is 2.21. The molecule has 0 saturated heterocycles. The molecule has 1 aromatic rings. The molecule has 0 heterocycles. The van der Waals surface area contributed by atoms with Crippen LogP contribution >= 0.6 is 0 Å². The van der Waals surface area contributed by atoms with Crippen LogP contribution in [-0.2, 0) is 3.74 Å². The summed E-state index contributed by atoms with van der Waals surface area (Å²) in [5, 5.41) is 10.3. The van der Waals surface area contributed by atoms with Crippen LogP contribution in [0.2, 0.25) is 0 Å². The Morgan fingerprint density at radius 2 is 2.15 bits per heavy atom. The summed E-state index contributed by atoms with van der Waals surface area (Å²) in [5.74, 6) is 0. The zero-order valence-electron chi connectivity index (χ0n) is 6.25. The van der Waals surface area contributed by atoms with Crippen molar-refractivity contribution in [2.75, 3.05) is 0 Å². The summed E-state index contributed by atoms with van der Waals surface area (Å²) in [4.78, 5) is 9.44. The fourth-order valence-corrected chi connectivity index (χ4v) is 2.27. The van der Waals surface area contributed by atoms with Gasteiger partial charge < -0.3 is 0 Å². The monoisotopic (exact) mass is 246 g/mol. The topological polar surface area (TPSA) is 101 Å². The van der Waals surface area contributed by atoms with E-state index in [4.69, 9.17) is 8.19 Å². The molecule has 0 aliphatic carbocycles. The number of benzene rings is 1.